The summed E-state index contributed by atoms with van der Waals surface area (Å²) in [6, 6.07) is 1.41. The molecule has 0 unspecified atom stereocenters. The van der Waals surface area contributed by atoms with Gasteiger partial charge in [-0.2, -0.15) is 0 Å². The van der Waals surface area contributed by atoms with Gasteiger partial charge < -0.3 is 0 Å². The van der Waals surface area contributed by atoms with Crippen molar-refractivity contribution >= 4 is 9.52 Å². The second kappa shape index (κ2) is 13.8. The van der Waals surface area contributed by atoms with Crippen LogP contribution in [0.2, 0.25) is 6.04 Å². The van der Waals surface area contributed by atoms with Crippen molar-refractivity contribution in [1.29, 1.82) is 0 Å². The number of rotatable bonds is 13. The molecule has 0 aromatic heterocycles. The van der Waals surface area contributed by atoms with Gasteiger partial charge in [0.05, 0.1) is 6.17 Å². The second-order valence-electron chi connectivity index (χ2n) is 5.70. The molecule has 0 heterocycles. The van der Waals surface area contributed by atoms with Gasteiger partial charge in [0.2, 0.25) is 0 Å². The molecule has 120 valence electrons. The van der Waals surface area contributed by atoms with Crippen molar-refractivity contribution in [3.8, 4) is 0 Å². The van der Waals surface area contributed by atoms with Crippen LogP contribution in [0.1, 0.15) is 60.3 Å². The van der Waals surface area contributed by atoms with E-state index in [9.17, 15) is 0 Å². The highest BCUT2D eigenvalue weighted by Gasteiger charge is 2.22. The first-order chi connectivity index (χ1) is 9.74. The summed E-state index contributed by atoms with van der Waals surface area (Å²) in [5.74, 6) is 0. The van der Waals surface area contributed by atoms with Gasteiger partial charge >= 0.3 is 0 Å². The van der Waals surface area contributed by atoms with Crippen LogP contribution in [0.25, 0.3) is 0 Å². The van der Waals surface area contributed by atoms with Crippen molar-refractivity contribution in [3.05, 3.63) is 11.8 Å². The lowest BCUT2D eigenvalue weighted by atomic mass is 10.2. The lowest BCUT2D eigenvalue weighted by Gasteiger charge is -2.40. The molecule has 0 aliphatic carbocycles. The monoisotopic (exact) mass is 298 g/mol. The quantitative estimate of drug-likeness (QED) is 0.378. The van der Waals surface area contributed by atoms with Gasteiger partial charge in [0.1, 0.15) is 0 Å². The molecule has 0 aliphatic heterocycles. The average Bonchev–Trinajstić information content (AvgIpc) is 2.44. The molecule has 3 heteroatoms. The van der Waals surface area contributed by atoms with E-state index in [1.165, 1.54) is 57.9 Å². The molecule has 0 rings (SSSR count). The third-order valence-corrected chi connectivity index (χ3v) is 5.37. The van der Waals surface area contributed by atoms with E-state index in [0.29, 0.717) is 6.17 Å². The molecule has 0 aromatic carbocycles. The molecule has 0 N–H and O–H groups in total. The Morgan fingerprint density at radius 2 is 1.20 bits per heavy atom. The van der Waals surface area contributed by atoms with E-state index in [1.807, 2.05) is 0 Å². The first-order valence-electron chi connectivity index (χ1n) is 8.84. The van der Waals surface area contributed by atoms with Crippen LogP contribution in [0.15, 0.2) is 11.8 Å². The Bertz CT molecular complexity index is 203. The van der Waals surface area contributed by atoms with Crippen LogP contribution in [0.5, 0.6) is 0 Å². The van der Waals surface area contributed by atoms with E-state index < -0.39 is 0 Å². The van der Waals surface area contributed by atoms with Crippen LogP contribution < -0.4 is 0 Å². The van der Waals surface area contributed by atoms with Crippen LogP contribution >= 0.6 is 0 Å². The van der Waals surface area contributed by atoms with E-state index in [2.05, 4.69) is 56.2 Å². The summed E-state index contributed by atoms with van der Waals surface area (Å²) < 4.78 is 0. The van der Waals surface area contributed by atoms with E-state index in [1.54, 1.807) is 0 Å². The van der Waals surface area contributed by atoms with Crippen molar-refractivity contribution < 1.29 is 0 Å². The number of allylic oxidation sites excluding steroid dienone is 1. The van der Waals surface area contributed by atoms with Crippen molar-refractivity contribution in [3.63, 3.8) is 0 Å². The Labute approximate surface area is 130 Å². The number of nitrogens with zero attached hydrogens (tertiary/aromatic N) is 2. The Morgan fingerprint density at radius 1 is 0.800 bits per heavy atom. The highest BCUT2D eigenvalue weighted by atomic mass is 28.2. The minimum absolute atomic E-state index is 0.0535. The van der Waals surface area contributed by atoms with Crippen molar-refractivity contribution in [2.24, 2.45) is 0 Å². The van der Waals surface area contributed by atoms with Crippen LogP contribution in [-0.4, -0.2) is 51.7 Å². The molecule has 2 nitrogen and oxygen atoms in total. The molecular formula is C17H38N2Si. The van der Waals surface area contributed by atoms with Crippen molar-refractivity contribution in [1.82, 2.24) is 9.80 Å². The van der Waals surface area contributed by atoms with E-state index in [0.717, 1.165) is 0 Å². The Morgan fingerprint density at radius 3 is 1.50 bits per heavy atom. The molecule has 0 atom stereocenters. The van der Waals surface area contributed by atoms with Gasteiger partial charge in [-0.3, -0.25) is 9.80 Å². The van der Waals surface area contributed by atoms with Crippen LogP contribution in [0.3, 0.4) is 0 Å². The first kappa shape index (κ1) is 19.9. The molecule has 0 aromatic rings. The fourth-order valence-corrected chi connectivity index (χ4v) is 4.53. The zero-order chi connectivity index (χ0) is 15.2. The summed E-state index contributed by atoms with van der Waals surface area (Å²) in [5, 5.41) is 0. The maximum atomic E-state index is 2.75. The molecule has 0 bridgehead atoms. The SMILES string of the molecule is C/C=C\[SiH2]CC(N(CCC)CCC)N(CCC)CCC. The zero-order valence-corrected chi connectivity index (χ0v) is 16.1. The van der Waals surface area contributed by atoms with Crippen LogP contribution in [-0.2, 0) is 0 Å². The fourth-order valence-electron chi connectivity index (χ4n) is 2.98. The topological polar surface area (TPSA) is 6.48 Å². The molecule has 0 aliphatic rings. The maximum absolute atomic E-state index is 2.75. The number of hydrogen-bond acceptors (Lipinski definition) is 2. The lowest BCUT2D eigenvalue weighted by Crippen LogP contribution is -2.50. The highest BCUT2D eigenvalue weighted by Crippen LogP contribution is 2.14. The average molecular weight is 299 g/mol. The van der Waals surface area contributed by atoms with Crippen molar-refractivity contribution in [2.75, 3.05) is 26.2 Å². The molecule has 0 radical (unpaired) electrons. The largest absolute Gasteiger partial charge is 0.288 e. The Hall–Kier alpha value is -0.123. The van der Waals surface area contributed by atoms with Gasteiger partial charge in [-0.05, 0) is 64.8 Å². The summed E-state index contributed by atoms with van der Waals surface area (Å²) in [4.78, 5) is 5.50. The summed E-state index contributed by atoms with van der Waals surface area (Å²) in [7, 11) is -0.0535. The number of hydrogen-bond donors (Lipinski definition) is 0. The van der Waals surface area contributed by atoms with Crippen molar-refractivity contribution in [2.45, 2.75) is 72.5 Å². The van der Waals surface area contributed by atoms with Gasteiger partial charge in [-0.25, -0.2) is 0 Å². The standard InChI is InChI=1S/C17H38N2Si/c1-6-11-18(12-7-2)17(16-20-15-10-5)19(13-8-3)14-9-4/h10,15,17H,6-9,11-14,16,20H2,1-5H3/b15-10-. The molecule has 0 amide bonds. The van der Waals surface area contributed by atoms with Gasteiger partial charge in [-0.1, -0.05) is 33.8 Å². The smallest absolute Gasteiger partial charge is 0.0595 e. The lowest BCUT2D eigenvalue weighted by molar-refractivity contribution is 0.0544. The third-order valence-electron chi connectivity index (χ3n) is 3.71. The summed E-state index contributed by atoms with van der Waals surface area (Å²) in [5.41, 5.74) is 2.46. The van der Waals surface area contributed by atoms with E-state index in [-0.39, 0.29) is 9.52 Å². The first-order valence-corrected chi connectivity index (χ1v) is 10.7. The summed E-state index contributed by atoms with van der Waals surface area (Å²) in [6.45, 7) is 16.4. The Kier molecular flexibility index (Phi) is 13.8. The third kappa shape index (κ3) is 8.23. The zero-order valence-electron chi connectivity index (χ0n) is 14.7. The minimum Gasteiger partial charge on any atom is -0.288 e. The minimum atomic E-state index is -0.0535. The van der Waals surface area contributed by atoms with Gasteiger partial charge in [-0.15, -0.1) is 5.70 Å². The van der Waals surface area contributed by atoms with E-state index >= 15 is 0 Å². The van der Waals surface area contributed by atoms with Crippen LogP contribution in [0.4, 0.5) is 0 Å². The Balaban J connectivity index is 4.85. The van der Waals surface area contributed by atoms with E-state index in [4.69, 9.17) is 0 Å². The van der Waals surface area contributed by atoms with Gasteiger partial charge in [0.25, 0.3) is 0 Å². The van der Waals surface area contributed by atoms with Gasteiger partial charge in [0.15, 0.2) is 0 Å². The summed E-state index contributed by atoms with van der Waals surface area (Å²) in [6.07, 6.45) is 8.03. The second-order valence-corrected chi connectivity index (χ2v) is 7.33. The van der Waals surface area contributed by atoms with Crippen LogP contribution in [0, 0.1) is 0 Å². The van der Waals surface area contributed by atoms with Gasteiger partial charge in [0, 0.05) is 9.52 Å². The molecule has 0 saturated heterocycles. The molecular weight excluding hydrogens is 260 g/mol. The predicted octanol–water partition coefficient (Wildman–Crippen LogP) is 3.68. The normalized spacial score (nSPS) is 13.0. The fraction of sp³-hybridized carbons (Fsp3) is 0.882. The summed E-state index contributed by atoms with van der Waals surface area (Å²) >= 11 is 0. The maximum Gasteiger partial charge on any atom is 0.0595 e. The predicted molar refractivity (Wildman–Crippen MR) is 96.3 cm³/mol. The molecule has 20 heavy (non-hydrogen) atoms. The molecule has 0 saturated carbocycles. The molecule has 0 spiro atoms. The highest BCUT2D eigenvalue weighted by molar-refractivity contribution is 6.42. The molecule has 0 fully saturated rings.